The van der Waals surface area contributed by atoms with Crippen LogP contribution in [0.3, 0.4) is 0 Å². The second kappa shape index (κ2) is 7.18. The summed E-state index contributed by atoms with van der Waals surface area (Å²) in [5.74, 6) is 0.918. The molecule has 3 heterocycles. The van der Waals surface area contributed by atoms with Crippen molar-refractivity contribution in [1.29, 1.82) is 0 Å². The van der Waals surface area contributed by atoms with E-state index in [2.05, 4.69) is 11.9 Å². The van der Waals surface area contributed by atoms with Gasteiger partial charge in [0, 0.05) is 37.3 Å². The zero-order chi connectivity index (χ0) is 18.9. The van der Waals surface area contributed by atoms with E-state index in [1.54, 1.807) is 6.20 Å². The number of rotatable bonds is 4. The summed E-state index contributed by atoms with van der Waals surface area (Å²) in [6.45, 7) is 4.95. The van der Waals surface area contributed by atoms with Crippen LogP contribution >= 0.6 is 0 Å². The molecule has 2 amide bonds. The van der Waals surface area contributed by atoms with E-state index in [1.165, 1.54) is 6.39 Å². The number of hydrogen-bond donors (Lipinski definition) is 0. The molecule has 0 saturated carbocycles. The molecule has 2 aliphatic heterocycles. The van der Waals surface area contributed by atoms with E-state index < -0.39 is 0 Å². The monoisotopic (exact) mass is 367 g/mol. The lowest BCUT2D eigenvalue weighted by Gasteiger charge is -2.39. The Morgan fingerprint density at radius 3 is 2.74 bits per heavy atom. The third-order valence-electron chi connectivity index (χ3n) is 5.81. The van der Waals surface area contributed by atoms with Crippen molar-refractivity contribution in [2.24, 2.45) is 5.41 Å². The fourth-order valence-electron chi connectivity index (χ4n) is 4.38. The summed E-state index contributed by atoms with van der Waals surface area (Å²) in [7, 11) is 0. The molecule has 6 heteroatoms. The molecule has 0 N–H and O–H groups in total. The number of amides is 2. The highest BCUT2D eigenvalue weighted by Crippen LogP contribution is 2.40. The number of hydrogen-bond acceptors (Lipinski definition) is 4. The first-order chi connectivity index (χ1) is 13.1. The van der Waals surface area contributed by atoms with E-state index in [0.717, 1.165) is 44.3 Å². The number of nitrogens with zero attached hydrogens (tertiary/aromatic N) is 3. The van der Waals surface area contributed by atoms with Crippen molar-refractivity contribution < 1.29 is 14.0 Å². The Morgan fingerprint density at radius 1 is 1.22 bits per heavy atom. The SMILES string of the molecule is CCCN1CCC[C@@]2(CCN(C(=O)c3ccc(-c4cnco4)cc3)C2)C1=O. The van der Waals surface area contributed by atoms with Crippen molar-refractivity contribution in [2.45, 2.75) is 32.6 Å². The molecule has 1 aromatic carbocycles. The highest BCUT2D eigenvalue weighted by molar-refractivity contribution is 5.96. The van der Waals surface area contributed by atoms with E-state index in [9.17, 15) is 9.59 Å². The Labute approximate surface area is 159 Å². The summed E-state index contributed by atoms with van der Waals surface area (Å²) in [5, 5.41) is 0. The number of benzene rings is 1. The second-order valence-corrected chi connectivity index (χ2v) is 7.60. The van der Waals surface area contributed by atoms with E-state index in [1.807, 2.05) is 34.1 Å². The summed E-state index contributed by atoms with van der Waals surface area (Å²) in [6.07, 6.45) is 6.70. The first kappa shape index (κ1) is 17.8. The zero-order valence-electron chi connectivity index (χ0n) is 15.7. The van der Waals surface area contributed by atoms with E-state index in [-0.39, 0.29) is 17.2 Å². The lowest BCUT2D eigenvalue weighted by Crippen LogP contribution is -2.50. The molecule has 0 unspecified atom stereocenters. The van der Waals surface area contributed by atoms with Gasteiger partial charge in [-0.15, -0.1) is 0 Å². The Morgan fingerprint density at radius 2 is 2.04 bits per heavy atom. The van der Waals surface area contributed by atoms with Gasteiger partial charge in [-0.1, -0.05) is 19.1 Å². The van der Waals surface area contributed by atoms with Crippen LogP contribution in [-0.4, -0.2) is 52.8 Å². The van der Waals surface area contributed by atoms with Gasteiger partial charge in [0.15, 0.2) is 12.2 Å². The number of piperidine rings is 1. The molecule has 1 aromatic heterocycles. The van der Waals surface area contributed by atoms with Crippen molar-refractivity contribution in [3.8, 4) is 11.3 Å². The molecule has 1 atom stereocenters. The number of aromatic nitrogens is 1. The van der Waals surface area contributed by atoms with Crippen molar-refractivity contribution in [3.63, 3.8) is 0 Å². The molecule has 2 aromatic rings. The van der Waals surface area contributed by atoms with E-state index in [0.29, 0.717) is 24.4 Å². The van der Waals surface area contributed by atoms with Crippen molar-refractivity contribution in [2.75, 3.05) is 26.2 Å². The molecule has 1 spiro atoms. The van der Waals surface area contributed by atoms with Crippen LogP contribution < -0.4 is 0 Å². The standard InChI is InChI=1S/C21H25N3O3/c1-2-10-23-11-3-8-21(20(23)26)9-12-24(14-21)19(25)17-6-4-16(5-7-17)18-13-22-15-27-18/h4-7,13,15H,2-3,8-12,14H2,1H3/t21-/m0/s1. The lowest BCUT2D eigenvalue weighted by atomic mass is 9.78. The van der Waals surface area contributed by atoms with Gasteiger partial charge in [0.05, 0.1) is 11.6 Å². The molecule has 2 fully saturated rings. The number of oxazole rings is 1. The molecule has 0 aliphatic carbocycles. The van der Waals surface area contributed by atoms with Crippen LogP contribution in [0.2, 0.25) is 0 Å². The fraction of sp³-hybridized carbons (Fsp3) is 0.476. The predicted octanol–water partition coefficient (Wildman–Crippen LogP) is 3.21. The van der Waals surface area contributed by atoms with Gasteiger partial charge < -0.3 is 14.2 Å². The van der Waals surface area contributed by atoms with Crippen LogP contribution in [-0.2, 0) is 4.79 Å². The molecule has 2 saturated heterocycles. The average molecular weight is 367 g/mol. The van der Waals surface area contributed by atoms with Crippen molar-refractivity contribution >= 4 is 11.8 Å². The molecule has 4 rings (SSSR count). The minimum absolute atomic E-state index is 0.00332. The molecular formula is C21H25N3O3. The number of carbonyl (C=O) groups is 2. The van der Waals surface area contributed by atoms with Gasteiger partial charge >= 0.3 is 0 Å². The van der Waals surface area contributed by atoms with Crippen LogP contribution in [0.5, 0.6) is 0 Å². The highest BCUT2D eigenvalue weighted by atomic mass is 16.3. The van der Waals surface area contributed by atoms with Gasteiger partial charge in [0.25, 0.3) is 5.91 Å². The molecular weight excluding hydrogens is 342 g/mol. The quantitative estimate of drug-likeness (QED) is 0.832. The van der Waals surface area contributed by atoms with Gasteiger partial charge in [-0.05, 0) is 37.8 Å². The van der Waals surface area contributed by atoms with Crippen LogP contribution in [0.4, 0.5) is 0 Å². The molecule has 142 valence electrons. The summed E-state index contributed by atoms with van der Waals surface area (Å²) < 4.78 is 5.29. The van der Waals surface area contributed by atoms with Crippen molar-refractivity contribution in [3.05, 3.63) is 42.4 Å². The molecule has 6 nitrogen and oxygen atoms in total. The van der Waals surface area contributed by atoms with Crippen LogP contribution in [0.15, 0.2) is 41.3 Å². The Bertz CT molecular complexity index is 814. The van der Waals surface area contributed by atoms with Gasteiger partial charge in [-0.2, -0.15) is 0 Å². The second-order valence-electron chi connectivity index (χ2n) is 7.60. The largest absolute Gasteiger partial charge is 0.444 e. The Balaban J connectivity index is 1.47. The molecule has 0 bridgehead atoms. The first-order valence-corrected chi connectivity index (χ1v) is 9.70. The minimum Gasteiger partial charge on any atom is -0.444 e. The van der Waals surface area contributed by atoms with Crippen LogP contribution in [0.25, 0.3) is 11.3 Å². The number of likely N-dealkylation sites (tertiary alicyclic amines) is 2. The normalized spacial score (nSPS) is 22.6. The predicted molar refractivity (Wildman–Crippen MR) is 101 cm³/mol. The van der Waals surface area contributed by atoms with E-state index in [4.69, 9.17) is 4.42 Å². The summed E-state index contributed by atoms with van der Waals surface area (Å²) >= 11 is 0. The fourth-order valence-corrected chi connectivity index (χ4v) is 4.38. The zero-order valence-corrected chi connectivity index (χ0v) is 15.7. The molecule has 2 aliphatic rings. The first-order valence-electron chi connectivity index (χ1n) is 9.70. The molecule has 27 heavy (non-hydrogen) atoms. The summed E-state index contributed by atoms with van der Waals surface area (Å²) in [6, 6.07) is 7.37. The summed E-state index contributed by atoms with van der Waals surface area (Å²) in [5.41, 5.74) is 1.16. The molecule has 0 radical (unpaired) electrons. The maximum absolute atomic E-state index is 13.0. The summed E-state index contributed by atoms with van der Waals surface area (Å²) in [4.78, 5) is 33.7. The van der Waals surface area contributed by atoms with Crippen molar-refractivity contribution in [1.82, 2.24) is 14.8 Å². The third-order valence-corrected chi connectivity index (χ3v) is 5.81. The van der Waals surface area contributed by atoms with Crippen LogP contribution in [0.1, 0.15) is 43.0 Å². The maximum atomic E-state index is 13.0. The number of carbonyl (C=O) groups excluding carboxylic acids is 2. The average Bonchev–Trinajstić information content (AvgIpc) is 3.37. The Kier molecular flexibility index (Phi) is 4.72. The van der Waals surface area contributed by atoms with Gasteiger partial charge in [-0.25, -0.2) is 4.98 Å². The minimum atomic E-state index is -0.372. The highest BCUT2D eigenvalue weighted by Gasteiger charge is 2.49. The third kappa shape index (κ3) is 3.24. The van der Waals surface area contributed by atoms with Gasteiger partial charge in [0.2, 0.25) is 5.91 Å². The van der Waals surface area contributed by atoms with Crippen LogP contribution in [0, 0.1) is 5.41 Å². The van der Waals surface area contributed by atoms with Gasteiger partial charge in [0.1, 0.15) is 0 Å². The lowest BCUT2D eigenvalue weighted by molar-refractivity contribution is -0.145. The van der Waals surface area contributed by atoms with E-state index >= 15 is 0 Å². The van der Waals surface area contributed by atoms with Gasteiger partial charge in [-0.3, -0.25) is 9.59 Å². The maximum Gasteiger partial charge on any atom is 0.253 e. The topological polar surface area (TPSA) is 66.7 Å². The smallest absolute Gasteiger partial charge is 0.253 e. The Hall–Kier alpha value is -2.63.